The van der Waals surface area contributed by atoms with E-state index in [4.69, 9.17) is 0 Å². The van der Waals surface area contributed by atoms with E-state index in [0.717, 1.165) is 12.3 Å². The Hall–Kier alpha value is -1.58. The number of nitrogens with one attached hydrogen (secondary N) is 1. The maximum Gasteiger partial charge on any atom is 0.292 e. The van der Waals surface area contributed by atoms with Crippen molar-refractivity contribution in [3.63, 3.8) is 0 Å². The third-order valence-corrected chi connectivity index (χ3v) is 2.89. The summed E-state index contributed by atoms with van der Waals surface area (Å²) in [6, 6.07) is 7.11. The molecule has 2 rings (SSSR count). The van der Waals surface area contributed by atoms with Crippen LogP contribution >= 0.6 is 0 Å². The molecule has 1 fully saturated rings. The van der Waals surface area contributed by atoms with Gasteiger partial charge in [0.2, 0.25) is 0 Å². The molecule has 1 aliphatic carbocycles. The Morgan fingerprint density at radius 1 is 1.50 bits per heavy atom. The molecule has 86 valence electrons. The molecule has 0 amide bonds. The highest BCUT2D eigenvalue weighted by Gasteiger charge is 2.24. The minimum Gasteiger partial charge on any atom is -0.377 e. The van der Waals surface area contributed by atoms with E-state index in [1.54, 1.807) is 12.1 Å². The van der Waals surface area contributed by atoms with Gasteiger partial charge in [-0.3, -0.25) is 10.1 Å². The summed E-state index contributed by atoms with van der Waals surface area (Å²) in [6.45, 7) is 2.08. The van der Waals surface area contributed by atoms with Gasteiger partial charge in [0, 0.05) is 12.1 Å². The van der Waals surface area contributed by atoms with Crippen molar-refractivity contribution in [3.8, 4) is 0 Å². The van der Waals surface area contributed by atoms with E-state index in [2.05, 4.69) is 12.2 Å². The SMILES string of the molecule is CC(CC1CC1)Nc1ccccc1[N+](=O)[O-]. The van der Waals surface area contributed by atoms with Gasteiger partial charge in [-0.2, -0.15) is 0 Å². The summed E-state index contributed by atoms with van der Waals surface area (Å²) in [5, 5.41) is 14.0. The van der Waals surface area contributed by atoms with Gasteiger partial charge in [0.25, 0.3) is 5.69 Å². The Morgan fingerprint density at radius 2 is 2.19 bits per heavy atom. The molecule has 0 bridgehead atoms. The first-order valence-electron chi connectivity index (χ1n) is 5.67. The number of nitro benzene ring substituents is 1. The van der Waals surface area contributed by atoms with Crippen molar-refractivity contribution in [2.45, 2.75) is 32.2 Å². The predicted molar refractivity (Wildman–Crippen MR) is 63.5 cm³/mol. The van der Waals surface area contributed by atoms with E-state index in [1.165, 1.54) is 18.9 Å². The topological polar surface area (TPSA) is 55.2 Å². The molecule has 0 radical (unpaired) electrons. The van der Waals surface area contributed by atoms with E-state index < -0.39 is 0 Å². The smallest absolute Gasteiger partial charge is 0.292 e. The van der Waals surface area contributed by atoms with Crippen molar-refractivity contribution in [1.29, 1.82) is 0 Å². The molecule has 0 spiro atoms. The fourth-order valence-corrected chi connectivity index (χ4v) is 1.93. The largest absolute Gasteiger partial charge is 0.377 e. The number of benzene rings is 1. The summed E-state index contributed by atoms with van der Waals surface area (Å²) in [7, 11) is 0. The second-order valence-electron chi connectivity index (χ2n) is 4.50. The highest BCUT2D eigenvalue weighted by Crippen LogP contribution is 2.34. The average molecular weight is 220 g/mol. The van der Waals surface area contributed by atoms with E-state index in [-0.39, 0.29) is 10.6 Å². The Kier molecular flexibility index (Phi) is 3.08. The molecule has 4 nitrogen and oxygen atoms in total. The van der Waals surface area contributed by atoms with Crippen molar-refractivity contribution in [2.75, 3.05) is 5.32 Å². The Morgan fingerprint density at radius 3 is 2.81 bits per heavy atom. The summed E-state index contributed by atoms with van der Waals surface area (Å²) in [6.07, 6.45) is 3.72. The van der Waals surface area contributed by atoms with Crippen molar-refractivity contribution in [3.05, 3.63) is 34.4 Å². The molecule has 0 aliphatic heterocycles. The zero-order valence-electron chi connectivity index (χ0n) is 9.35. The minimum absolute atomic E-state index is 0.158. The van der Waals surface area contributed by atoms with Crippen LogP contribution in [0.15, 0.2) is 24.3 Å². The summed E-state index contributed by atoms with van der Waals surface area (Å²) < 4.78 is 0. The third kappa shape index (κ3) is 2.72. The molecule has 1 aliphatic rings. The van der Waals surface area contributed by atoms with Crippen LogP contribution in [0.25, 0.3) is 0 Å². The number of hydrogen-bond donors (Lipinski definition) is 1. The van der Waals surface area contributed by atoms with Crippen LogP contribution < -0.4 is 5.32 Å². The van der Waals surface area contributed by atoms with Gasteiger partial charge in [0.15, 0.2) is 0 Å². The number of hydrogen-bond acceptors (Lipinski definition) is 3. The molecule has 1 N–H and O–H groups in total. The lowest BCUT2D eigenvalue weighted by molar-refractivity contribution is -0.384. The molecule has 1 aromatic carbocycles. The summed E-state index contributed by atoms with van der Waals surface area (Å²) in [4.78, 5) is 10.5. The van der Waals surface area contributed by atoms with Crippen LogP contribution in [0.1, 0.15) is 26.2 Å². The monoisotopic (exact) mass is 220 g/mol. The van der Waals surface area contributed by atoms with E-state index >= 15 is 0 Å². The molecule has 1 unspecified atom stereocenters. The second kappa shape index (κ2) is 4.51. The average Bonchev–Trinajstić information content (AvgIpc) is 3.02. The number of anilines is 1. The van der Waals surface area contributed by atoms with Crippen LogP contribution in [-0.2, 0) is 0 Å². The quantitative estimate of drug-likeness (QED) is 0.612. The highest BCUT2D eigenvalue weighted by molar-refractivity contribution is 5.61. The maximum atomic E-state index is 10.8. The number of nitrogens with zero attached hydrogens (tertiary/aromatic N) is 1. The molecule has 0 saturated heterocycles. The van der Waals surface area contributed by atoms with Crippen molar-refractivity contribution >= 4 is 11.4 Å². The molecular formula is C12H16N2O2. The summed E-state index contributed by atoms with van der Waals surface area (Å²) in [5.41, 5.74) is 0.783. The van der Waals surface area contributed by atoms with Crippen LogP contribution in [0.4, 0.5) is 11.4 Å². The Labute approximate surface area is 94.8 Å². The normalized spacial score (nSPS) is 16.8. The summed E-state index contributed by atoms with van der Waals surface area (Å²) in [5.74, 6) is 0.824. The second-order valence-corrected chi connectivity index (χ2v) is 4.50. The Balaban J connectivity index is 2.04. The summed E-state index contributed by atoms with van der Waals surface area (Å²) >= 11 is 0. The van der Waals surface area contributed by atoms with Gasteiger partial charge in [0.05, 0.1) is 4.92 Å². The van der Waals surface area contributed by atoms with Gasteiger partial charge in [-0.15, -0.1) is 0 Å². The molecular weight excluding hydrogens is 204 g/mol. The van der Waals surface area contributed by atoms with Crippen molar-refractivity contribution in [1.82, 2.24) is 0 Å². The minimum atomic E-state index is -0.341. The van der Waals surface area contributed by atoms with Crippen LogP contribution in [0.5, 0.6) is 0 Å². The van der Waals surface area contributed by atoms with E-state index in [9.17, 15) is 10.1 Å². The lowest BCUT2D eigenvalue weighted by atomic mass is 10.1. The molecule has 0 heterocycles. The molecule has 4 heteroatoms. The van der Waals surface area contributed by atoms with E-state index in [0.29, 0.717) is 11.7 Å². The number of nitro groups is 1. The van der Waals surface area contributed by atoms with Crippen LogP contribution in [0.3, 0.4) is 0 Å². The van der Waals surface area contributed by atoms with Gasteiger partial charge in [-0.05, 0) is 25.3 Å². The fraction of sp³-hybridized carbons (Fsp3) is 0.500. The maximum absolute atomic E-state index is 10.8. The lowest BCUT2D eigenvalue weighted by Crippen LogP contribution is -2.16. The first-order valence-corrected chi connectivity index (χ1v) is 5.67. The first-order chi connectivity index (χ1) is 7.66. The van der Waals surface area contributed by atoms with Crippen molar-refractivity contribution < 1.29 is 4.92 Å². The Bertz CT molecular complexity index is 388. The number of rotatable bonds is 5. The fourth-order valence-electron chi connectivity index (χ4n) is 1.93. The van der Waals surface area contributed by atoms with Crippen molar-refractivity contribution in [2.24, 2.45) is 5.92 Å². The standard InChI is InChI=1S/C12H16N2O2/c1-9(8-10-6-7-10)13-11-4-2-3-5-12(11)14(15)16/h2-5,9-10,13H,6-8H2,1H3. The van der Waals surface area contributed by atoms with E-state index in [1.807, 2.05) is 6.07 Å². The van der Waals surface area contributed by atoms with Crippen LogP contribution in [0.2, 0.25) is 0 Å². The number of para-hydroxylation sites is 2. The van der Waals surface area contributed by atoms with Gasteiger partial charge in [-0.1, -0.05) is 25.0 Å². The molecule has 1 aromatic rings. The first kappa shape index (κ1) is 10.9. The highest BCUT2D eigenvalue weighted by atomic mass is 16.6. The zero-order chi connectivity index (χ0) is 11.5. The third-order valence-electron chi connectivity index (χ3n) is 2.89. The predicted octanol–water partition coefficient (Wildman–Crippen LogP) is 3.20. The van der Waals surface area contributed by atoms with Crippen LogP contribution in [0, 0.1) is 16.0 Å². The zero-order valence-corrected chi connectivity index (χ0v) is 9.35. The molecule has 16 heavy (non-hydrogen) atoms. The molecule has 1 atom stereocenters. The van der Waals surface area contributed by atoms with Gasteiger partial charge in [0.1, 0.15) is 5.69 Å². The molecule has 1 saturated carbocycles. The van der Waals surface area contributed by atoms with Gasteiger partial charge < -0.3 is 5.32 Å². The molecule has 0 aromatic heterocycles. The van der Waals surface area contributed by atoms with Crippen LogP contribution in [-0.4, -0.2) is 11.0 Å². The van der Waals surface area contributed by atoms with Gasteiger partial charge in [-0.25, -0.2) is 0 Å². The van der Waals surface area contributed by atoms with Gasteiger partial charge >= 0.3 is 0 Å². The lowest BCUT2D eigenvalue weighted by Gasteiger charge is -2.14.